The van der Waals surface area contributed by atoms with Crippen LogP contribution in [0.1, 0.15) is 32.9 Å². The van der Waals surface area contributed by atoms with Crippen LogP contribution < -0.4 is 10.1 Å². The Hall–Kier alpha value is -1.29. The second-order valence-corrected chi connectivity index (χ2v) is 4.20. The maximum absolute atomic E-state index is 5.34. The molecule has 0 spiro atoms. The summed E-state index contributed by atoms with van der Waals surface area (Å²) < 4.78 is 10.5. The van der Waals surface area contributed by atoms with E-state index in [0.717, 1.165) is 17.7 Å². The molecule has 0 fully saturated rings. The highest BCUT2D eigenvalue weighted by atomic mass is 16.6. The molecular weight excluding hydrogens is 204 g/mol. The van der Waals surface area contributed by atoms with Crippen LogP contribution in [0.2, 0.25) is 0 Å². The SMILES string of the molecule is C=C(C)CCOc1nc(CNC(C)C)co1. The van der Waals surface area contributed by atoms with Crippen molar-refractivity contribution in [1.29, 1.82) is 0 Å². The number of rotatable bonds is 7. The molecule has 1 heterocycles. The van der Waals surface area contributed by atoms with Gasteiger partial charge in [0.1, 0.15) is 6.26 Å². The zero-order valence-electron chi connectivity index (χ0n) is 10.2. The molecule has 0 aliphatic heterocycles. The molecule has 1 rings (SSSR count). The first-order valence-corrected chi connectivity index (χ1v) is 5.53. The molecule has 0 aliphatic rings. The van der Waals surface area contributed by atoms with Gasteiger partial charge in [-0.25, -0.2) is 0 Å². The Kier molecular flexibility index (Phi) is 5.05. The lowest BCUT2D eigenvalue weighted by Gasteiger charge is -2.04. The minimum atomic E-state index is 0.335. The average molecular weight is 224 g/mol. The molecular formula is C12H20N2O2. The van der Waals surface area contributed by atoms with Crippen LogP contribution in [0.3, 0.4) is 0 Å². The van der Waals surface area contributed by atoms with Gasteiger partial charge in [-0.1, -0.05) is 19.4 Å². The highest BCUT2D eigenvalue weighted by molar-refractivity contribution is 5.00. The topological polar surface area (TPSA) is 47.3 Å². The van der Waals surface area contributed by atoms with E-state index < -0.39 is 0 Å². The molecule has 0 radical (unpaired) electrons. The van der Waals surface area contributed by atoms with E-state index in [0.29, 0.717) is 25.3 Å². The van der Waals surface area contributed by atoms with Crippen molar-refractivity contribution in [1.82, 2.24) is 10.3 Å². The predicted octanol–water partition coefficient (Wildman–Crippen LogP) is 2.52. The van der Waals surface area contributed by atoms with Crippen LogP contribution in [0.4, 0.5) is 0 Å². The highest BCUT2D eigenvalue weighted by Gasteiger charge is 2.05. The molecule has 0 saturated heterocycles. The lowest BCUT2D eigenvalue weighted by molar-refractivity contribution is 0.233. The number of nitrogens with zero attached hydrogens (tertiary/aromatic N) is 1. The first-order valence-electron chi connectivity index (χ1n) is 5.53. The van der Waals surface area contributed by atoms with Crippen molar-refractivity contribution in [2.24, 2.45) is 0 Å². The van der Waals surface area contributed by atoms with E-state index in [1.165, 1.54) is 0 Å². The van der Waals surface area contributed by atoms with Gasteiger partial charge in [0, 0.05) is 19.0 Å². The predicted molar refractivity (Wildman–Crippen MR) is 63.4 cm³/mol. The van der Waals surface area contributed by atoms with Crippen LogP contribution in [0.25, 0.3) is 0 Å². The van der Waals surface area contributed by atoms with E-state index in [1.807, 2.05) is 6.92 Å². The van der Waals surface area contributed by atoms with Gasteiger partial charge in [-0.3, -0.25) is 0 Å². The third kappa shape index (κ3) is 4.98. The smallest absolute Gasteiger partial charge is 0.393 e. The largest absolute Gasteiger partial charge is 0.450 e. The summed E-state index contributed by atoms with van der Waals surface area (Å²) in [5.41, 5.74) is 1.95. The zero-order chi connectivity index (χ0) is 12.0. The van der Waals surface area contributed by atoms with Crippen LogP contribution in [0, 0.1) is 0 Å². The standard InChI is InChI=1S/C12H20N2O2/c1-9(2)5-6-15-12-14-11(8-16-12)7-13-10(3)4/h8,10,13H,1,5-7H2,2-4H3. The van der Waals surface area contributed by atoms with E-state index in [2.05, 4.69) is 30.7 Å². The highest BCUT2D eigenvalue weighted by Crippen LogP contribution is 2.11. The maximum Gasteiger partial charge on any atom is 0.393 e. The molecule has 4 heteroatoms. The van der Waals surface area contributed by atoms with Crippen molar-refractivity contribution in [3.05, 3.63) is 24.1 Å². The first-order chi connectivity index (χ1) is 7.58. The second-order valence-electron chi connectivity index (χ2n) is 4.20. The van der Waals surface area contributed by atoms with Crippen molar-refractivity contribution in [3.8, 4) is 6.08 Å². The van der Waals surface area contributed by atoms with Crippen molar-refractivity contribution >= 4 is 0 Å². The molecule has 0 atom stereocenters. The third-order valence-corrected chi connectivity index (χ3v) is 1.98. The average Bonchev–Trinajstić information content (AvgIpc) is 2.62. The first kappa shape index (κ1) is 12.8. The van der Waals surface area contributed by atoms with Gasteiger partial charge in [-0.2, -0.15) is 4.98 Å². The number of nitrogens with one attached hydrogen (secondary N) is 1. The summed E-state index contributed by atoms with van der Waals surface area (Å²) in [6, 6.07) is 0.435. The maximum atomic E-state index is 5.34. The van der Waals surface area contributed by atoms with Crippen LogP contribution in [0.5, 0.6) is 6.08 Å². The second kappa shape index (κ2) is 6.33. The third-order valence-electron chi connectivity index (χ3n) is 1.98. The summed E-state index contributed by atoms with van der Waals surface area (Å²) in [4.78, 5) is 4.20. The van der Waals surface area contributed by atoms with E-state index in [9.17, 15) is 0 Å². The Bertz CT molecular complexity index is 332. The summed E-state index contributed by atoms with van der Waals surface area (Å²) >= 11 is 0. The molecule has 1 aromatic heterocycles. The van der Waals surface area contributed by atoms with Crippen molar-refractivity contribution < 1.29 is 9.15 Å². The van der Waals surface area contributed by atoms with Gasteiger partial charge >= 0.3 is 6.08 Å². The van der Waals surface area contributed by atoms with Gasteiger partial charge in [-0.15, -0.1) is 6.58 Å². The quantitative estimate of drug-likeness (QED) is 0.723. The summed E-state index contributed by atoms with van der Waals surface area (Å²) in [6.45, 7) is 11.2. The fourth-order valence-corrected chi connectivity index (χ4v) is 1.06. The summed E-state index contributed by atoms with van der Waals surface area (Å²) in [5.74, 6) is 0. The number of oxazole rings is 1. The van der Waals surface area contributed by atoms with Crippen molar-refractivity contribution in [3.63, 3.8) is 0 Å². The van der Waals surface area contributed by atoms with Gasteiger partial charge in [0.15, 0.2) is 0 Å². The minimum absolute atomic E-state index is 0.335. The van der Waals surface area contributed by atoms with Gasteiger partial charge in [-0.05, 0) is 6.92 Å². The molecule has 0 aliphatic carbocycles. The molecule has 90 valence electrons. The molecule has 0 bridgehead atoms. The van der Waals surface area contributed by atoms with Gasteiger partial charge in [0.05, 0.1) is 12.3 Å². The lowest BCUT2D eigenvalue weighted by Crippen LogP contribution is -2.21. The van der Waals surface area contributed by atoms with Crippen LogP contribution >= 0.6 is 0 Å². The van der Waals surface area contributed by atoms with Crippen molar-refractivity contribution in [2.75, 3.05) is 6.61 Å². The minimum Gasteiger partial charge on any atom is -0.450 e. The lowest BCUT2D eigenvalue weighted by atomic mass is 10.3. The van der Waals surface area contributed by atoms with E-state index in [4.69, 9.17) is 9.15 Å². The van der Waals surface area contributed by atoms with Gasteiger partial charge in [0.25, 0.3) is 0 Å². The Morgan fingerprint density at radius 3 is 3.00 bits per heavy atom. The zero-order valence-corrected chi connectivity index (χ0v) is 10.2. The van der Waals surface area contributed by atoms with Gasteiger partial charge in [0.2, 0.25) is 0 Å². The van der Waals surface area contributed by atoms with E-state index >= 15 is 0 Å². The fraction of sp³-hybridized carbons (Fsp3) is 0.583. The Labute approximate surface area is 96.7 Å². The molecule has 0 amide bonds. The summed E-state index contributed by atoms with van der Waals surface area (Å²) in [6.07, 6.45) is 2.77. The van der Waals surface area contributed by atoms with Crippen molar-refractivity contribution in [2.45, 2.75) is 39.8 Å². The molecule has 0 saturated carbocycles. The van der Waals surface area contributed by atoms with E-state index in [1.54, 1.807) is 6.26 Å². The fourth-order valence-electron chi connectivity index (χ4n) is 1.06. The van der Waals surface area contributed by atoms with Gasteiger partial charge < -0.3 is 14.5 Å². The summed E-state index contributed by atoms with van der Waals surface area (Å²) in [7, 11) is 0. The van der Waals surface area contributed by atoms with E-state index in [-0.39, 0.29) is 0 Å². The molecule has 0 unspecified atom stereocenters. The normalized spacial score (nSPS) is 10.8. The number of ether oxygens (including phenoxy) is 1. The molecule has 16 heavy (non-hydrogen) atoms. The van der Waals surface area contributed by atoms with Crippen LogP contribution in [0.15, 0.2) is 22.8 Å². The number of hydrogen-bond acceptors (Lipinski definition) is 4. The Morgan fingerprint density at radius 2 is 2.38 bits per heavy atom. The monoisotopic (exact) mass is 224 g/mol. The Morgan fingerprint density at radius 1 is 1.62 bits per heavy atom. The van der Waals surface area contributed by atoms with Crippen LogP contribution in [-0.4, -0.2) is 17.6 Å². The molecule has 0 aromatic carbocycles. The summed E-state index contributed by atoms with van der Waals surface area (Å²) in [5, 5.41) is 3.26. The molecule has 1 aromatic rings. The molecule has 4 nitrogen and oxygen atoms in total. The molecule has 1 N–H and O–H groups in total. The number of hydrogen-bond donors (Lipinski definition) is 1. The number of aromatic nitrogens is 1. The Balaban J connectivity index is 2.30. The van der Waals surface area contributed by atoms with Crippen LogP contribution in [-0.2, 0) is 6.54 Å².